The monoisotopic (exact) mass is 286 g/mol. The normalized spacial score (nSPS) is 25.3. The lowest BCUT2D eigenvalue weighted by Crippen LogP contribution is -2.50. The lowest BCUT2D eigenvalue weighted by molar-refractivity contribution is -0.0990. The van der Waals surface area contributed by atoms with Crippen molar-refractivity contribution in [1.82, 2.24) is 0 Å². The van der Waals surface area contributed by atoms with Crippen molar-refractivity contribution in [2.24, 2.45) is 0 Å². The summed E-state index contributed by atoms with van der Waals surface area (Å²) in [5, 5.41) is 0.233. The summed E-state index contributed by atoms with van der Waals surface area (Å²) < 4.78 is 17.9. The van der Waals surface area contributed by atoms with E-state index < -0.39 is 8.32 Å². The van der Waals surface area contributed by atoms with Crippen molar-refractivity contribution in [2.45, 2.75) is 64.0 Å². The SMILES string of the molecule is C=CCOC[C@H]1OCCC[C@H]1O[Si](C)(C)C(C)(C)C. The Morgan fingerprint density at radius 3 is 2.63 bits per heavy atom. The van der Waals surface area contributed by atoms with Crippen molar-refractivity contribution >= 4 is 8.32 Å². The van der Waals surface area contributed by atoms with Gasteiger partial charge in [0.05, 0.1) is 19.3 Å². The standard InChI is InChI=1S/C15H30O3Si/c1-7-10-16-12-14-13(9-8-11-17-14)18-19(5,6)15(2,3)4/h7,13-14H,1,8-12H2,2-6H3/t13-,14-/m1/s1. The van der Waals surface area contributed by atoms with Gasteiger partial charge in [-0.3, -0.25) is 0 Å². The summed E-state index contributed by atoms with van der Waals surface area (Å²) in [5.41, 5.74) is 0. The zero-order valence-electron chi connectivity index (χ0n) is 13.2. The molecule has 1 heterocycles. The number of hydrogen-bond donors (Lipinski definition) is 0. The lowest BCUT2D eigenvalue weighted by Gasteiger charge is -2.42. The van der Waals surface area contributed by atoms with Crippen LogP contribution in [-0.2, 0) is 13.9 Å². The Hall–Kier alpha value is -0.163. The first-order valence-electron chi connectivity index (χ1n) is 7.26. The van der Waals surface area contributed by atoms with Gasteiger partial charge in [-0.05, 0) is 31.0 Å². The Balaban J connectivity index is 2.59. The highest BCUT2D eigenvalue weighted by molar-refractivity contribution is 6.74. The molecule has 1 aliphatic rings. The maximum Gasteiger partial charge on any atom is 0.192 e. The molecule has 0 bridgehead atoms. The molecule has 19 heavy (non-hydrogen) atoms. The number of rotatable bonds is 6. The van der Waals surface area contributed by atoms with Gasteiger partial charge in [-0.15, -0.1) is 6.58 Å². The summed E-state index contributed by atoms with van der Waals surface area (Å²) in [4.78, 5) is 0. The highest BCUT2D eigenvalue weighted by Gasteiger charge is 2.41. The van der Waals surface area contributed by atoms with E-state index in [1.165, 1.54) is 0 Å². The van der Waals surface area contributed by atoms with Crippen LogP contribution in [0.5, 0.6) is 0 Å². The minimum atomic E-state index is -1.74. The van der Waals surface area contributed by atoms with Crippen LogP contribution in [0.4, 0.5) is 0 Å². The molecule has 0 N–H and O–H groups in total. The van der Waals surface area contributed by atoms with Gasteiger partial charge in [0.2, 0.25) is 0 Å². The first-order valence-corrected chi connectivity index (χ1v) is 10.2. The highest BCUT2D eigenvalue weighted by atomic mass is 28.4. The van der Waals surface area contributed by atoms with Crippen LogP contribution in [0.2, 0.25) is 18.1 Å². The first kappa shape index (κ1) is 16.9. The highest BCUT2D eigenvalue weighted by Crippen LogP contribution is 2.38. The Morgan fingerprint density at radius 1 is 1.37 bits per heavy atom. The van der Waals surface area contributed by atoms with Gasteiger partial charge in [-0.2, -0.15) is 0 Å². The van der Waals surface area contributed by atoms with E-state index >= 15 is 0 Å². The molecular weight excluding hydrogens is 256 g/mol. The van der Waals surface area contributed by atoms with Crippen LogP contribution in [-0.4, -0.2) is 40.3 Å². The van der Waals surface area contributed by atoms with Gasteiger partial charge in [0.15, 0.2) is 8.32 Å². The molecular formula is C15H30O3Si. The van der Waals surface area contributed by atoms with E-state index in [1.54, 1.807) is 6.08 Å². The Labute approximate surface area is 119 Å². The molecule has 1 aliphatic heterocycles. The number of ether oxygens (including phenoxy) is 2. The van der Waals surface area contributed by atoms with Gasteiger partial charge in [-0.1, -0.05) is 26.8 Å². The van der Waals surface area contributed by atoms with Crippen LogP contribution in [0.3, 0.4) is 0 Å². The van der Waals surface area contributed by atoms with Crippen molar-refractivity contribution in [3.8, 4) is 0 Å². The summed E-state index contributed by atoms with van der Waals surface area (Å²) in [5.74, 6) is 0. The van der Waals surface area contributed by atoms with E-state index in [9.17, 15) is 0 Å². The van der Waals surface area contributed by atoms with Gasteiger partial charge in [0.25, 0.3) is 0 Å². The molecule has 0 spiro atoms. The second-order valence-electron chi connectivity index (χ2n) is 6.79. The van der Waals surface area contributed by atoms with Crippen molar-refractivity contribution in [2.75, 3.05) is 19.8 Å². The maximum atomic E-state index is 6.49. The molecule has 0 aromatic heterocycles. The second-order valence-corrected chi connectivity index (χ2v) is 11.6. The largest absolute Gasteiger partial charge is 0.411 e. The van der Waals surface area contributed by atoms with E-state index in [0.29, 0.717) is 13.2 Å². The van der Waals surface area contributed by atoms with E-state index in [0.717, 1.165) is 19.4 Å². The minimum absolute atomic E-state index is 0.0721. The van der Waals surface area contributed by atoms with Gasteiger partial charge in [0.1, 0.15) is 6.10 Å². The zero-order valence-corrected chi connectivity index (χ0v) is 14.2. The van der Waals surface area contributed by atoms with Gasteiger partial charge < -0.3 is 13.9 Å². The summed E-state index contributed by atoms with van der Waals surface area (Å²) in [6, 6.07) is 0. The average Bonchev–Trinajstić information content (AvgIpc) is 2.30. The fourth-order valence-electron chi connectivity index (χ4n) is 1.93. The van der Waals surface area contributed by atoms with Crippen LogP contribution in [0.1, 0.15) is 33.6 Å². The molecule has 0 saturated carbocycles. The third kappa shape index (κ3) is 5.03. The smallest absolute Gasteiger partial charge is 0.192 e. The summed E-state index contributed by atoms with van der Waals surface area (Å²) in [7, 11) is -1.74. The minimum Gasteiger partial charge on any atom is -0.411 e. The fraction of sp³-hybridized carbons (Fsp3) is 0.867. The third-order valence-electron chi connectivity index (χ3n) is 4.15. The van der Waals surface area contributed by atoms with E-state index in [2.05, 4.69) is 40.4 Å². The predicted octanol–water partition coefficient (Wildman–Crippen LogP) is 3.76. The van der Waals surface area contributed by atoms with Crippen molar-refractivity contribution in [3.05, 3.63) is 12.7 Å². The molecule has 1 rings (SSSR count). The Bertz CT molecular complexity index is 284. The molecule has 2 atom stereocenters. The molecule has 0 amide bonds. The van der Waals surface area contributed by atoms with E-state index in [1.807, 2.05) is 0 Å². The molecule has 0 radical (unpaired) electrons. The number of hydrogen-bond acceptors (Lipinski definition) is 3. The van der Waals surface area contributed by atoms with Crippen LogP contribution in [0, 0.1) is 0 Å². The van der Waals surface area contributed by atoms with Crippen LogP contribution in [0.25, 0.3) is 0 Å². The average molecular weight is 286 g/mol. The molecule has 0 aromatic carbocycles. The first-order chi connectivity index (χ1) is 8.78. The van der Waals surface area contributed by atoms with Crippen LogP contribution in [0.15, 0.2) is 12.7 Å². The van der Waals surface area contributed by atoms with E-state index in [4.69, 9.17) is 13.9 Å². The topological polar surface area (TPSA) is 27.7 Å². The lowest BCUT2D eigenvalue weighted by atomic mass is 10.1. The molecule has 0 aromatic rings. The zero-order chi connectivity index (χ0) is 14.5. The molecule has 1 fully saturated rings. The molecule has 1 saturated heterocycles. The van der Waals surface area contributed by atoms with Crippen LogP contribution < -0.4 is 0 Å². The fourth-order valence-corrected chi connectivity index (χ4v) is 3.31. The van der Waals surface area contributed by atoms with E-state index in [-0.39, 0.29) is 17.2 Å². The van der Waals surface area contributed by atoms with Crippen LogP contribution >= 0.6 is 0 Å². The summed E-state index contributed by atoms with van der Waals surface area (Å²) in [6.07, 6.45) is 4.18. The second kappa shape index (κ2) is 7.02. The molecule has 0 unspecified atom stereocenters. The predicted molar refractivity (Wildman–Crippen MR) is 82.1 cm³/mol. The third-order valence-corrected chi connectivity index (χ3v) is 8.65. The van der Waals surface area contributed by atoms with Crippen molar-refractivity contribution in [1.29, 1.82) is 0 Å². The summed E-state index contributed by atoms with van der Waals surface area (Å²) >= 11 is 0. The molecule has 4 heteroatoms. The van der Waals surface area contributed by atoms with Gasteiger partial charge in [-0.25, -0.2) is 0 Å². The summed E-state index contributed by atoms with van der Waals surface area (Å²) in [6.45, 7) is 17.1. The Kier molecular flexibility index (Phi) is 6.24. The van der Waals surface area contributed by atoms with Gasteiger partial charge in [0, 0.05) is 6.61 Å². The maximum absolute atomic E-state index is 6.49. The quantitative estimate of drug-likeness (QED) is 0.423. The molecule has 112 valence electrons. The van der Waals surface area contributed by atoms with Gasteiger partial charge >= 0.3 is 0 Å². The van der Waals surface area contributed by atoms with Crippen molar-refractivity contribution < 1.29 is 13.9 Å². The molecule has 0 aliphatic carbocycles. The van der Waals surface area contributed by atoms with Crippen molar-refractivity contribution in [3.63, 3.8) is 0 Å². The Morgan fingerprint density at radius 2 is 2.05 bits per heavy atom. The molecule has 3 nitrogen and oxygen atoms in total.